The standard InChI is InChI=1S/C13H12F4O2S/c1-2-19-12(18)11(14)7-6-9-4-3-5-10(8-9)20-13(15,16)17/h3-5,7-8H,2,6H2,1H3/b11-7+. The van der Waals surface area contributed by atoms with E-state index in [0.717, 1.165) is 6.08 Å². The van der Waals surface area contributed by atoms with Crippen LogP contribution in [0.3, 0.4) is 0 Å². The van der Waals surface area contributed by atoms with Crippen molar-refractivity contribution in [2.24, 2.45) is 0 Å². The molecule has 0 aromatic heterocycles. The normalized spacial score (nSPS) is 12.3. The molecule has 0 amide bonds. The molecule has 0 radical (unpaired) electrons. The number of hydrogen-bond donors (Lipinski definition) is 0. The molecule has 0 fully saturated rings. The van der Waals surface area contributed by atoms with Gasteiger partial charge in [-0.05, 0) is 48.9 Å². The highest BCUT2D eigenvalue weighted by Gasteiger charge is 2.29. The SMILES string of the molecule is CCOC(=O)/C(F)=C\Cc1cccc(SC(F)(F)F)c1. The van der Waals surface area contributed by atoms with Crippen molar-refractivity contribution in [3.63, 3.8) is 0 Å². The Balaban J connectivity index is 2.71. The van der Waals surface area contributed by atoms with E-state index >= 15 is 0 Å². The van der Waals surface area contributed by atoms with Crippen LogP contribution in [0.25, 0.3) is 0 Å². The summed E-state index contributed by atoms with van der Waals surface area (Å²) in [5.41, 5.74) is -3.90. The van der Waals surface area contributed by atoms with Gasteiger partial charge in [-0.25, -0.2) is 4.79 Å². The Morgan fingerprint density at radius 2 is 2.10 bits per heavy atom. The van der Waals surface area contributed by atoms with Gasteiger partial charge < -0.3 is 4.74 Å². The molecule has 0 N–H and O–H groups in total. The van der Waals surface area contributed by atoms with Crippen LogP contribution in [0.15, 0.2) is 41.1 Å². The van der Waals surface area contributed by atoms with E-state index in [-0.39, 0.29) is 29.7 Å². The van der Waals surface area contributed by atoms with Crippen molar-refractivity contribution >= 4 is 17.7 Å². The third kappa shape index (κ3) is 6.10. The van der Waals surface area contributed by atoms with Crippen molar-refractivity contribution in [2.75, 3.05) is 6.61 Å². The Morgan fingerprint density at radius 1 is 1.40 bits per heavy atom. The first kappa shape index (κ1) is 16.6. The summed E-state index contributed by atoms with van der Waals surface area (Å²) in [5.74, 6) is -2.13. The van der Waals surface area contributed by atoms with Crippen molar-refractivity contribution in [3.05, 3.63) is 41.7 Å². The molecule has 1 aromatic carbocycles. The molecule has 1 aromatic rings. The summed E-state index contributed by atoms with van der Waals surface area (Å²) in [4.78, 5) is 11.0. The monoisotopic (exact) mass is 308 g/mol. The molecule has 0 aliphatic carbocycles. The Kier molecular flexibility index (Phi) is 6.06. The average molecular weight is 308 g/mol. The van der Waals surface area contributed by atoms with Gasteiger partial charge in [-0.1, -0.05) is 12.1 Å². The second-order valence-corrected chi connectivity index (χ2v) is 4.81. The second kappa shape index (κ2) is 7.33. The highest BCUT2D eigenvalue weighted by atomic mass is 32.2. The fourth-order valence-electron chi connectivity index (χ4n) is 1.36. The molecule has 1 rings (SSSR count). The molecule has 2 nitrogen and oxygen atoms in total. The van der Waals surface area contributed by atoms with E-state index < -0.39 is 17.3 Å². The number of hydrogen-bond acceptors (Lipinski definition) is 3. The number of carbonyl (C=O) groups is 1. The van der Waals surface area contributed by atoms with Crippen LogP contribution < -0.4 is 0 Å². The number of esters is 1. The Hall–Kier alpha value is -1.50. The molecular weight excluding hydrogens is 296 g/mol. The van der Waals surface area contributed by atoms with E-state index in [2.05, 4.69) is 4.74 Å². The third-order valence-corrected chi connectivity index (χ3v) is 2.84. The summed E-state index contributed by atoms with van der Waals surface area (Å²) in [7, 11) is 0. The lowest BCUT2D eigenvalue weighted by Crippen LogP contribution is -2.04. The van der Waals surface area contributed by atoms with Gasteiger partial charge in [0.25, 0.3) is 0 Å². The van der Waals surface area contributed by atoms with E-state index in [9.17, 15) is 22.4 Å². The number of rotatable bonds is 5. The number of halogens is 4. The smallest absolute Gasteiger partial charge is 0.446 e. The molecule has 7 heteroatoms. The van der Waals surface area contributed by atoms with Gasteiger partial charge in [0, 0.05) is 4.90 Å². The van der Waals surface area contributed by atoms with Crippen molar-refractivity contribution in [1.82, 2.24) is 0 Å². The van der Waals surface area contributed by atoms with E-state index in [1.54, 1.807) is 13.0 Å². The zero-order valence-electron chi connectivity index (χ0n) is 10.5. The van der Waals surface area contributed by atoms with E-state index in [1.165, 1.54) is 18.2 Å². The first-order valence-corrected chi connectivity index (χ1v) is 6.51. The average Bonchev–Trinajstić information content (AvgIpc) is 2.34. The minimum absolute atomic E-state index is 0.0108. The molecule has 0 heterocycles. The predicted molar refractivity (Wildman–Crippen MR) is 67.9 cm³/mol. The first-order valence-electron chi connectivity index (χ1n) is 5.69. The Morgan fingerprint density at radius 3 is 2.70 bits per heavy atom. The molecule has 0 aliphatic heterocycles. The number of benzene rings is 1. The molecule has 0 saturated carbocycles. The molecule has 0 atom stereocenters. The molecule has 20 heavy (non-hydrogen) atoms. The van der Waals surface area contributed by atoms with E-state index in [0.29, 0.717) is 5.56 Å². The van der Waals surface area contributed by atoms with Crippen molar-refractivity contribution in [1.29, 1.82) is 0 Å². The quantitative estimate of drug-likeness (QED) is 0.352. The zero-order chi connectivity index (χ0) is 15.2. The van der Waals surface area contributed by atoms with Crippen LogP contribution in [0.1, 0.15) is 12.5 Å². The molecule has 0 aliphatic rings. The highest BCUT2D eigenvalue weighted by molar-refractivity contribution is 8.00. The lowest BCUT2D eigenvalue weighted by atomic mass is 10.1. The van der Waals surface area contributed by atoms with Gasteiger partial charge in [0.1, 0.15) is 0 Å². The lowest BCUT2D eigenvalue weighted by molar-refractivity contribution is -0.140. The number of thioether (sulfide) groups is 1. The number of alkyl halides is 3. The van der Waals surface area contributed by atoms with Gasteiger partial charge in [-0.2, -0.15) is 17.6 Å². The maximum Gasteiger partial charge on any atom is 0.446 e. The first-order chi connectivity index (χ1) is 9.31. The summed E-state index contributed by atoms with van der Waals surface area (Å²) in [5, 5.41) is 0. The van der Waals surface area contributed by atoms with Gasteiger partial charge in [0.05, 0.1) is 6.61 Å². The highest BCUT2D eigenvalue weighted by Crippen LogP contribution is 2.36. The van der Waals surface area contributed by atoms with Gasteiger partial charge in [0.2, 0.25) is 5.83 Å². The second-order valence-electron chi connectivity index (χ2n) is 3.67. The summed E-state index contributed by atoms with van der Waals surface area (Å²) in [6, 6.07) is 5.61. The fourth-order valence-corrected chi connectivity index (χ4v) is 1.98. The van der Waals surface area contributed by atoms with Gasteiger partial charge in [0.15, 0.2) is 0 Å². The topological polar surface area (TPSA) is 26.3 Å². The maximum atomic E-state index is 13.2. The Bertz CT molecular complexity index is 497. The van der Waals surface area contributed by atoms with Crippen LogP contribution in [0.4, 0.5) is 17.6 Å². The predicted octanol–water partition coefficient (Wildman–Crippen LogP) is 4.26. The van der Waals surface area contributed by atoms with Crippen molar-refractivity contribution in [3.8, 4) is 0 Å². The number of carbonyl (C=O) groups excluding carboxylic acids is 1. The van der Waals surface area contributed by atoms with E-state index in [1.807, 2.05) is 0 Å². The molecular formula is C13H12F4O2S. The lowest BCUT2D eigenvalue weighted by Gasteiger charge is -2.06. The summed E-state index contributed by atoms with van der Waals surface area (Å²) >= 11 is -0.242. The van der Waals surface area contributed by atoms with Crippen LogP contribution in [-0.2, 0) is 16.0 Å². The summed E-state index contributed by atoms with van der Waals surface area (Å²) in [6.45, 7) is 1.60. The molecule has 0 bridgehead atoms. The minimum Gasteiger partial charge on any atom is -0.461 e. The van der Waals surface area contributed by atoms with Gasteiger partial charge in [-0.15, -0.1) is 0 Å². The Labute approximate surface area is 117 Å². The van der Waals surface area contributed by atoms with Crippen molar-refractivity contribution < 1.29 is 27.1 Å². The van der Waals surface area contributed by atoms with Crippen LogP contribution in [0.2, 0.25) is 0 Å². The maximum absolute atomic E-state index is 13.2. The fraction of sp³-hybridized carbons (Fsp3) is 0.308. The van der Waals surface area contributed by atoms with Crippen LogP contribution in [0.5, 0.6) is 0 Å². The van der Waals surface area contributed by atoms with Crippen LogP contribution >= 0.6 is 11.8 Å². The van der Waals surface area contributed by atoms with Gasteiger partial charge in [-0.3, -0.25) is 0 Å². The van der Waals surface area contributed by atoms with Crippen LogP contribution in [0, 0.1) is 0 Å². The zero-order valence-corrected chi connectivity index (χ0v) is 11.4. The van der Waals surface area contributed by atoms with E-state index in [4.69, 9.17) is 0 Å². The van der Waals surface area contributed by atoms with Crippen molar-refractivity contribution in [2.45, 2.75) is 23.7 Å². The third-order valence-electron chi connectivity index (χ3n) is 2.12. The minimum atomic E-state index is -4.37. The number of allylic oxidation sites excluding steroid dienone is 1. The van der Waals surface area contributed by atoms with Crippen LogP contribution in [-0.4, -0.2) is 18.1 Å². The van der Waals surface area contributed by atoms with Gasteiger partial charge >= 0.3 is 11.5 Å². The molecule has 0 saturated heterocycles. The largest absolute Gasteiger partial charge is 0.461 e. The molecule has 0 unspecified atom stereocenters. The summed E-state index contributed by atoms with van der Waals surface area (Å²) in [6.07, 6.45) is 0.992. The number of ether oxygens (including phenoxy) is 1. The molecule has 110 valence electrons. The summed E-state index contributed by atoms with van der Waals surface area (Å²) < 4.78 is 54.3. The molecule has 0 spiro atoms.